The molecule has 0 radical (unpaired) electrons. The van der Waals surface area contributed by atoms with Crippen molar-refractivity contribution in [1.82, 2.24) is 0 Å². The number of allylic oxidation sites excluding steroid dienone is 1. The van der Waals surface area contributed by atoms with Gasteiger partial charge in [-0.2, -0.15) is 0 Å². The average Bonchev–Trinajstić information content (AvgIpc) is 3.17. The monoisotopic (exact) mass is 328 g/mol. The summed E-state index contributed by atoms with van der Waals surface area (Å²) < 4.78 is 5.90. The molecule has 0 spiro atoms. The highest BCUT2D eigenvalue weighted by Crippen LogP contribution is 2.69. The van der Waals surface area contributed by atoms with E-state index in [0.717, 1.165) is 43.1 Å². The maximum absolute atomic E-state index is 11.9. The van der Waals surface area contributed by atoms with Crippen LogP contribution in [0.1, 0.15) is 72.1 Å². The Labute approximate surface area is 146 Å². The Morgan fingerprint density at radius 3 is 2.54 bits per heavy atom. The number of ether oxygens (including phenoxy) is 1. The summed E-state index contributed by atoms with van der Waals surface area (Å²) in [6.07, 6.45) is 11.9. The van der Waals surface area contributed by atoms with Crippen LogP contribution in [0.2, 0.25) is 0 Å². The van der Waals surface area contributed by atoms with E-state index in [9.17, 15) is 4.79 Å². The summed E-state index contributed by atoms with van der Waals surface area (Å²) in [5.41, 5.74) is 2.50. The second-order valence-electron chi connectivity index (χ2n) is 10.2. The molecule has 3 saturated carbocycles. The van der Waals surface area contributed by atoms with Crippen LogP contribution >= 0.6 is 0 Å². The van der Waals surface area contributed by atoms with Gasteiger partial charge < -0.3 is 4.74 Å². The molecule has 0 aromatic rings. The summed E-state index contributed by atoms with van der Waals surface area (Å²) in [5.74, 6) is 3.73. The molecule has 4 fully saturated rings. The van der Waals surface area contributed by atoms with Crippen LogP contribution in [0.25, 0.3) is 0 Å². The van der Waals surface area contributed by atoms with Gasteiger partial charge in [0.2, 0.25) is 0 Å². The van der Waals surface area contributed by atoms with Crippen LogP contribution in [0.4, 0.5) is 0 Å². The van der Waals surface area contributed by atoms with Crippen LogP contribution < -0.4 is 0 Å². The number of ketones is 1. The zero-order valence-electron chi connectivity index (χ0n) is 15.6. The quantitative estimate of drug-likeness (QED) is 0.639. The number of fused-ring (bicyclic) bond motifs is 5. The van der Waals surface area contributed by atoms with Crippen LogP contribution in [0.15, 0.2) is 11.6 Å². The molecule has 1 aliphatic heterocycles. The van der Waals surface area contributed by atoms with E-state index in [1.54, 1.807) is 0 Å². The molecule has 4 aliphatic carbocycles. The second kappa shape index (κ2) is 4.75. The van der Waals surface area contributed by atoms with Crippen molar-refractivity contribution >= 4 is 5.78 Å². The Hall–Kier alpha value is -0.630. The first-order valence-electron chi connectivity index (χ1n) is 10.2. The van der Waals surface area contributed by atoms with Crippen LogP contribution in [-0.4, -0.2) is 18.0 Å². The van der Waals surface area contributed by atoms with Gasteiger partial charge in [0.1, 0.15) is 0 Å². The van der Waals surface area contributed by atoms with Crippen molar-refractivity contribution in [2.24, 2.45) is 34.5 Å². The Bertz CT molecular complexity index is 615. The summed E-state index contributed by atoms with van der Waals surface area (Å²) in [6, 6.07) is 0. The minimum Gasteiger partial charge on any atom is -0.370 e. The molecule has 0 bridgehead atoms. The Morgan fingerprint density at radius 2 is 1.79 bits per heavy atom. The predicted octanol–water partition coefficient (Wildman–Crippen LogP) is 4.92. The van der Waals surface area contributed by atoms with Crippen molar-refractivity contribution in [1.29, 1.82) is 0 Å². The van der Waals surface area contributed by atoms with E-state index >= 15 is 0 Å². The summed E-state index contributed by atoms with van der Waals surface area (Å²) in [4.78, 5) is 11.9. The molecular weight excluding hydrogens is 296 g/mol. The highest BCUT2D eigenvalue weighted by Gasteiger charge is 2.64. The van der Waals surface area contributed by atoms with E-state index in [2.05, 4.69) is 20.8 Å². The number of rotatable bonds is 1. The van der Waals surface area contributed by atoms with Gasteiger partial charge in [-0.1, -0.05) is 19.4 Å². The molecule has 5 rings (SSSR count). The third kappa shape index (κ3) is 1.90. The number of carbonyl (C=O) groups is 1. The van der Waals surface area contributed by atoms with Gasteiger partial charge in [0.15, 0.2) is 5.78 Å². The first-order chi connectivity index (χ1) is 11.4. The third-order valence-corrected chi connectivity index (χ3v) is 9.30. The number of carbonyl (C=O) groups excluding carboxylic acids is 1. The van der Waals surface area contributed by atoms with E-state index in [1.165, 1.54) is 44.1 Å². The molecule has 0 N–H and O–H groups in total. The Morgan fingerprint density at radius 1 is 1.00 bits per heavy atom. The van der Waals surface area contributed by atoms with Gasteiger partial charge in [0, 0.05) is 6.42 Å². The van der Waals surface area contributed by atoms with E-state index in [1.807, 2.05) is 6.08 Å². The van der Waals surface area contributed by atoms with Gasteiger partial charge in [-0.15, -0.1) is 0 Å². The fourth-order valence-electron chi connectivity index (χ4n) is 7.88. The molecule has 0 aromatic carbocycles. The van der Waals surface area contributed by atoms with Gasteiger partial charge in [-0.05, 0) is 92.4 Å². The van der Waals surface area contributed by atoms with Crippen LogP contribution in [0.3, 0.4) is 0 Å². The zero-order chi connectivity index (χ0) is 16.7. The van der Waals surface area contributed by atoms with Crippen molar-refractivity contribution < 1.29 is 9.53 Å². The molecule has 0 amide bonds. The lowest BCUT2D eigenvalue weighted by Crippen LogP contribution is -2.51. The van der Waals surface area contributed by atoms with Crippen molar-refractivity contribution in [3.05, 3.63) is 11.6 Å². The van der Waals surface area contributed by atoms with E-state index in [0.29, 0.717) is 16.6 Å². The standard InChI is InChI=1S/C22H32O2/c1-20-10-8-15(23)12-14(20)4-5-16-17-6-7-19(22(3)13-24-22)21(17,2)11-9-18(16)20/h12,16-19H,4-11,13H2,1-3H3/t16?,17?,18?,19?,20-,21-,22?/m0/s1. The number of hydrogen-bond acceptors (Lipinski definition) is 2. The number of hydrogen-bond donors (Lipinski definition) is 0. The van der Waals surface area contributed by atoms with E-state index in [-0.39, 0.29) is 5.60 Å². The van der Waals surface area contributed by atoms with Crippen molar-refractivity contribution in [3.63, 3.8) is 0 Å². The maximum Gasteiger partial charge on any atom is 0.155 e. The molecule has 24 heavy (non-hydrogen) atoms. The molecule has 1 saturated heterocycles. The third-order valence-electron chi connectivity index (χ3n) is 9.30. The summed E-state index contributed by atoms with van der Waals surface area (Å²) in [7, 11) is 0. The molecule has 5 aliphatic rings. The highest BCUT2D eigenvalue weighted by molar-refractivity contribution is 5.91. The minimum absolute atomic E-state index is 0.192. The normalized spacial score (nSPS) is 56.1. The smallest absolute Gasteiger partial charge is 0.155 e. The van der Waals surface area contributed by atoms with Crippen LogP contribution in [0.5, 0.6) is 0 Å². The average molecular weight is 328 g/mol. The van der Waals surface area contributed by atoms with Crippen LogP contribution in [-0.2, 0) is 9.53 Å². The largest absolute Gasteiger partial charge is 0.370 e. The lowest BCUT2D eigenvalue weighted by molar-refractivity contribution is -0.117. The van der Waals surface area contributed by atoms with Gasteiger partial charge in [-0.25, -0.2) is 0 Å². The molecule has 7 atom stereocenters. The summed E-state index contributed by atoms with van der Waals surface area (Å²) >= 11 is 0. The van der Waals surface area contributed by atoms with Gasteiger partial charge in [0.25, 0.3) is 0 Å². The van der Waals surface area contributed by atoms with Crippen molar-refractivity contribution in [3.8, 4) is 0 Å². The molecule has 2 heteroatoms. The van der Waals surface area contributed by atoms with Gasteiger partial charge >= 0.3 is 0 Å². The fraction of sp³-hybridized carbons (Fsp3) is 0.864. The van der Waals surface area contributed by atoms with Gasteiger partial charge in [-0.3, -0.25) is 4.79 Å². The first-order valence-corrected chi connectivity index (χ1v) is 10.2. The van der Waals surface area contributed by atoms with Crippen molar-refractivity contribution in [2.45, 2.75) is 77.7 Å². The predicted molar refractivity (Wildman–Crippen MR) is 94.6 cm³/mol. The highest BCUT2D eigenvalue weighted by atomic mass is 16.6. The fourth-order valence-corrected chi connectivity index (χ4v) is 7.88. The first kappa shape index (κ1) is 15.6. The zero-order valence-corrected chi connectivity index (χ0v) is 15.6. The van der Waals surface area contributed by atoms with E-state index < -0.39 is 0 Å². The second-order valence-corrected chi connectivity index (χ2v) is 10.2. The molecule has 5 unspecified atom stereocenters. The summed E-state index contributed by atoms with van der Waals surface area (Å²) in [6.45, 7) is 8.42. The molecule has 2 nitrogen and oxygen atoms in total. The SMILES string of the molecule is CC1(C2CCC3C4CCC5=CC(=O)CC[C@]5(C)C4CC[C@@]32C)CO1. The van der Waals surface area contributed by atoms with E-state index in [4.69, 9.17) is 4.74 Å². The topological polar surface area (TPSA) is 29.6 Å². The lowest BCUT2D eigenvalue weighted by Gasteiger charge is -2.58. The minimum atomic E-state index is 0.192. The van der Waals surface area contributed by atoms with Gasteiger partial charge in [0.05, 0.1) is 12.2 Å². The Kier molecular flexibility index (Phi) is 3.09. The number of epoxide rings is 1. The van der Waals surface area contributed by atoms with Crippen molar-refractivity contribution in [2.75, 3.05) is 6.61 Å². The molecule has 1 heterocycles. The van der Waals surface area contributed by atoms with Crippen LogP contribution in [0, 0.1) is 34.5 Å². The summed E-state index contributed by atoms with van der Waals surface area (Å²) in [5, 5.41) is 0. The molecule has 0 aromatic heterocycles. The molecular formula is C22H32O2. The lowest BCUT2D eigenvalue weighted by atomic mass is 9.46. The maximum atomic E-state index is 11.9. The Balaban J connectivity index is 1.47. The molecule has 132 valence electrons.